The van der Waals surface area contributed by atoms with Crippen LogP contribution in [0.3, 0.4) is 0 Å². The predicted molar refractivity (Wildman–Crippen MR) is 125 cm³/mol. The molecule has 1 N–H and O–H groups in total. The summed E-state index contributed by atoms with van der Waals surface area (Å²) in [5, 5.41) is 4.70. The van der Waals surface area contributed by atoms with Crippen molar-refractivity contribution >= 4 is 28.7 Å². The summed E-state index contributed by atoms with van der Waals surface area (Å²) in [6.45, 7) is 1.54. The summed E-state index contributed by atoms with van der Waals surface area (Å²) < 4.78 is 1.65. The first-order valence-electron chi connectivity index (χ1n) is 10.7. The molecule has 1 amide bonds. The molecule has 1 saturated heterocycles. The quantitative estimate of drug-likeness (QED) is 0.371. The van der Waals surface area contributed by atoms with Gasteiger partial charge < -0.3 is 9.88 Å². The van der Waals surface area contributed by atoms with Crippen molar-refractivity contribution in [1.29, 1.82) is 0 Å². The van der Waals surface area contributed by atoms with E-state index in [1.807, 2.05) is 65.6 Å². The Morgan fingerprint density at radius 3 is 2.38 bits per heavy atom. The zero-order valence-corrected chi connectivity index (χ0v) is 18.3. The number of aromatic nitrogens is 4. The average molecular weight is 446 g/mol. The van der Waals surface area contributed by atoms with Crippen LogP contribution in [0.2, 0.25) is 0 Å². The molecule has 8 heteroatoms. The largest absolute Gasteiger partial charge is 0.341 e. The summed E-state index contributed by atoms with van der Waals surface area (Å²) in [4.78, 5) is 35.7. The van der Waals surface area contributed by atoms with E-state index in [2.05, 4.69) is 10.1 Å². The van der Waals surface area contributed by atoms with Crippen LogP contribution in [-0.4, -0.2) is 43.6 Å². The monoisotopic (exact) mass is 445 g/mol. The van der Waals surface area contributed by atoms with Crippen LogP contribution >= 0.6 is 11.8 Å². The summed E-state index contributed by atoms with van der Waals surface area (Å²) in [6, 6.07) is 19.3. The molecule has 1 fully saturated rings. The number of likely N-dealkylation sites (tertiary alicyclic amines) is 1. The lowest BCUT2D eigenvalue weighted by atomic mass is 10.1. The van der Waals surface area contributed by atoms with Gasteiger partial charge in [0, 0.05) is 13.1 Å². The van der Waals surface area contributed by atoms with Gasteiger partial charge in [0.25, 0.3) is 5.56 Å². The van der Waals surface area contributed by atoms with E-state index in [0.29, 0.717) is 16.2 Å². The SMILES string of the molecule is O=C([C@@H](Sc1nc2c(cnn2-c2ccccc2)c(=O)[nH]1)c1ccccc1)N1CCCCC1. The zero-order valence-electron chi connectivity index (χ0n) is 17.5. The smallest absolute Gasteiger partial charge is 0.262 e. The van der Waals surface area contributed by atoms with E-state index in [-0.39, 0.29) is 11.5 Å². The lowest BCUT2D eigenvalue weighted by molar-refractivity contribution is -0.131. The summed E-state index contributed by atoms with van der Waals surface area (Å²) in [5.41, 5.74) is 1.92. The van der Waals surface area contributed by atoms with Crippen molar-refractivity contribution in [2.45, 2.75) is 29.7 Å². The van der Waals surface area contributed by atoms with Gasteiger partial charge in [-0.2, -0.15) is 5.10 Å². The number of nitrogens with one attached hydrogen (secondary N) is 1. The van der Waals surface area contributed by atoms with E-state index in [4.69, 9.17) is 4.98 Å². The maximum Gasteiger partial charge on any atom is 0.262 e. The molecule has 7 nitrogen and oxygen atoms in total. The van der Waals surface area contributed by atoms with Gasteiger partial charge in [0.05, 0.1) is 11.9 Å². The summed E-state index contributed by atoms with van der Waals surface area (Å²) in [7, 11) is 0. The fourth-order valence-electron chi connectivity index (χ4n) is 3.99. The van der Waals surface area contributed by atoms with Crippen LogP contribution in [0.1, 0.15) is 30.1 Å². The van der Waals surface area contributed by atoms with Crippen LogP contribution in [0.25, 0.3) is 16.7 Å². The third-order valence-corrected chi connectivity index (χ3v) is 6.77. The van der Waals surface area contributed by atoms with Gasteiger partial charge in [0.15, 0.2) is 10.8 Å². The topological polar surface area (TPSA) is 83.9 Å². The second kappa shape index (κ2) is 9.00. The van der Waals surface area contributed by atoms with Crippen LogP contribution in [0.4, 0.5) is 0 Å². The molecule has 4 aromatic rings. The van der Waals surface area contributed by atoms with Crippen molar-refractivity contribution in [1.82, 2.24) is 24.6 Å². The molecule has 162 valence electrons. The maximum atomic E-state index is 13.5. The van der Waals surface area contributed by atoms with Crippen molar-refractivity contribution in [2.75, 3.05) is 13.1 Å². The second-order valence-electron chi connectivity index (χ2n) is 7.79. The molecule has 0 saturated carbocycles. The van der Waals surface area contributed by atoms with Crippen LogP contribution in [-0.2, 0) is 4.79 Å². The van der Waals surface area contributed by atoms with Crippen LogP contribution in [0.5, 0.6) is 0 Å². The van der Waals surface area contributed by atoms with Crippen molar-refractivity contribution in [3.63, 3.8) is 0 Å². The number of piperidine rings is 1. The van der Waals surface area contributed by atoms with Gasteiger partial charge in [-0.1, -0.05) is 60.3 Å². The summed E-state index contributed by atoms with van der Waals surface area (Å²) in [6.07, 6.45) is 4.72. The minimum absolute atomic E-state index is 0.0558. The van der Waals surface area contributed by atoms with Gasteiger partial charge in [0.2, 0.25) is 5.91 Å². The molecule has 1 aliphatic rings. The minimum atomic E-state index is -0.483. The minimum Gasteiger partial charge on any atom is -0.341 e. The Bertz CT molecular complexity index is 1280. The number of nitrogens with zero attached hydrogens (tertiary/aromatic N) is 4. The third-order valence-electron chi connectivity index (χ3n) is 5.64. The fourth-order valence-corrected chi connectivity index (χ4v) is 5.05. The molecule has 0 radical (unpaired) electrons. The number of benzene rings is 2. The molecule has 3 heterocycles. The van der Waals surface area contributed by atoms with Gasteiger partial charge in [0.1, 0.15) is 10.6 Å². The van der Waals surface area contributed by atoms with Crippen molar-refractivity contribution in [3.8, 4) is 5.69 Å². The lowest BCUT2D eigenvalue weighted by Crippen LogP contribution is -2.38. The molecule has 32 heavy (non-hydrogen) atoms. The normalized spacial score (nSPS) is 15.1. The van der Waals surface area contributed by atoms with Gasteiger partial charge >= 0.3 is 0 Å². The highest BCUT2D eigenvalue weighted by molar-refractivity contribution is 8.00. The van der Waals surface area contributed by atoms with E-state index in [1.165, 1.54) is 18.0 Å². The van der Waals surface area contributed by atoms with Gasteiger partial charge in [-0.15, -0.1) is 0 Å². The van der Waals surface area contributed by atoms with Gasteiger partial charge in [-0.3, -0.25) is 9.59 Å². The van der Waals surface area contributed by atoms with Crippen molar-refractivity contribution in [2.24, 2.45) is 0 Å². The Kier molecular flexibility index (Phi) is 5.77. The second-order valence-corrected chi connectivity index (χ2v) is 8.89. The number of fused-ring (bicyclic) bond motifs is 1. The highest BCUT2D eigenvalue weighted by atomic mass is 32.2. The molecule has 1 atom stereocenters. The Hall–Kier alpha value is -3.39. The lowest BCUT2D eigenvalue weighted by Gasteiger charge is -2.30. The molecular formula is C24H23N5O2S. The van der Waals surface area contributed by atoms with E-state index in [1.54, 1.807) is 4.68 Å². The number of para-hydroxylation sites is 1. The number of carbonyl (C=O) groups excluding carboxylic acids is 1. The number of H-pyrrole nitrogens is 1. The molecule has 1 aliphatic heterocycles. The third kappa shape index (κ3) is 4.05. The van der Waals surface area contributed by atoms with E-state index in [0.717, 1.165) is 43.6 Å². The first kappa shape index (κ1) is 20.5. The number of rotatable bonds is 5. The molecule has 0 spiro atoms. The Balaban J connectivity index is 1.54. The molecule has 0 bridgehead atoms. The molecule has 2 aromatic carbocycles. The molecule has 0 aliphatic carbocycles. The fraction of sp³-hybridized carbons (Fsp3) is 0.250. The van der Waals surface area contributed by atoms with E-state index in [9.17, 15) is 9.59 Å². The number of hydrogen-bond donors (Lipinski definition) is 1. The molecule has 5 rings (SSSR count). The van der Waals surface area contributed by atoms with Gasteiger partial charge in [-0.25, -0.2) is 9.67 Å². The Morgan fingerprint density at radius 1 is 0.969 bits per heavy atom. The summed E-state index contributed by atoms with van der Waals surface area (Å²) >= 11 is 1.28. The highest BCUT2D eigenvalue weighted by Gasteiger charge is 2.29. The number of aromatic amines is 1. The van der Waals surface area contributed by atoms with Crippen molar-refractivity contribution in [3.05, 3.63) is 82.8 Å². The van der Waals surface area contributed by atoms with E-state index < -0.39 is 5.25 Å². The van der Waals surface area contributed by atoms with Crippen LogP contribution in [0.15, 0.2) is 76.8 Å². The number of carbonyl (C=O) groups is 1. The average Bonchev–Trinajstić information content (AvgIpc) is 3.28. The predicted octanol–water partition coefficient (Wildman–Crippen LogP) is 3.95. The number of hydrogen-bond acceptors (Lipinski definition) is 5. The first-order valence-corrected chi connectivity index (χ1v) is 11.6. The zero-order chi connectivity index (χ0) is 21.9. The number of amides is 1. The van der Waals surface area contributed by atoms with Crippen LogP contribution < -0.4 is 5.56 Å². The summed E-state index contributed by atoms with van der Waals surface area (Å²) in [5.74, 6) is 0.0558. The van der Waals surface area contributed by atoms with Crippen molar-refractivity contribution < 1.29 is 4.79 Å². The highest BCUT2D eigenvalue weighted by Crippen LogP contribution is 2.35. The van der Waals surface area contributed by atoms with Gasteiger partial charge in [-0.05, 0) is 37.0 Å². The van der Waals surface area contributed by atoms with Crippen LogP contribution in [0, 0.1) is 0 Å². The molecular weight excluding hydrogens is 422 g/mol. The molecule has 0 unspecified atom stereocenters. The molecule has 2 aromatic heterocycles. The standard InChI is InChI=1S/C24H23N5O2S/c30-22-19-16-25-29(18-12-6-2-7-13-18)21(19)26-24(27-22)32-20(17-10-4-1-5-11-17)23(31)28-14-8-3-9-15-28/h1-2,4-7,10-13,16,20H,3,8-9,14-15H2,(H,26,27,30)/t20-/m0/s1. The van der Waals surface area contributed by atoms with E-state index >= 15 is 0 Å². The Morgan fingerprint density at radius 2 is 1.66 bits per heavy atom. The first-order chi connectivity index (χ1) is 15.7. The number of thioether (sulfide) groups is 1. The Labute approximate surface area is 189 Å². The maximum absolute atomic E-state index is 13.5.